The first-order valence-corrected chi connectivity index (χ1v) is 9.00. The van der Waals surface area contributed by atoms with E-state index in [1.54, 1.807) is 0 Å². The van der Waals surface area contributed by atoms with Crippen molar-refractivity contribution in [1.29, 1.82) is 0 Å². The van der Waals surface area contributed by atoms with Gasteiger partial charge in [-0.2, -0.15) is 11.8 Å². The number of nitrogens with zero attached hydrogens (tertiary/aromatic N) is 1. The van der Waals surface area contributed by atoms with Crippen LogP contribution < -0.4 is 5.32 Å². The van der Waals surface area contributed by atoms with Crippen molar-refractivity contribution in [3.05, 3.63) is 35.9 Å². The zero-order chi connectivity index (χ0) is 14.7. The average Bonchev–Trinajstić information content (AvgIpc) is 3.00. The fourth-order valence-corrected chi connectivity index (χ4v) is 4.62. The number of amides is 1. The minimum absolute atomic E-state index is 0.221. The molecule has 2 fully saturated rings. The van der Waals surface area contributed by atoms with Gasteiger partial charge in [0.2, 0.25) is 5.91 Å². The predicted molar refractivity (Wildman–Crippen MR) is 88.5 cm³/mol. The Balaban J connectivity index is 1.75. The topological polar surface area (TPSA) is 32.3 Å². The molecule has 3 unspecified atom stereocenters. The van der Waals surface area contributed by atoms with Gasteiger partial charge in [-0.15, -0.1) is 0 Å². The third-order valence-electron chi connectivity index (χ3n) is 4.54. The number of carbonyl (C=O) groups excluding carboxylic acids is 1. The van der Waals surface area contributed by atoms with E-state index in [2.05, 4.69) is 41.4 Å². The molecular formula is C17H24N2OS. The van der Waals surface area contributed by atoms with Gasteiger partial charge in [-0.05, 0) is 24.9 Å². The third-order valence-corrected chi connectivity index (χ3v) is 5.74. The van der Waals surface area contributed by atoms with Crippen molar-refractivity contribution >= 4 is 17.7 Å². The summed E-state index contributed by atoms with van der Waals surface area (Å²) in [5.41, 5.74) is 1.27. The SMILES string of the molecule is CC1SCCN(C(=O)CC2CCCN2)C1c1ccccc1. The van der Waals surface area contributed by atoms with Gasteiger partial charge in [0, 0.05) is 30.0 Å². The van der Waals surface area contributed by atoms with Crippen LogP contribution in [0.25, 0.3) is 0 Å². The van der Waals surface area contributed by atoms with Crippen LogP contribution in [-0.4, -0.2) is 40.9 Å². The van der Waals surface area contributed by atoms with E-state index in [1.807, 2.05) is 17.8 Å². The highest BCUT2D eigenvalue weighted by atomic mass is 32.2. The van der Waals surface area contributed by atoms with Crippen LogP contribution in [0.3, 0.4) is 0 Å². The van der Waals surface area contributed by atoms with Gasteiger partial charge >= 0.3 is 0 Å². The second kappa shape index (κ2) is 6.84. The van der Waals surface area contributed by atoms with E-state index in [-0.39, 0.29) is 6.04 Å². The molecule has 2 aliphatic heterocycles. The van der Waals surface area contributed by atoms with Crippen molar-refractivity contribution < 1.29 is 4.79 Å². The maximum Gasteiger partial charge on any atom is 0.224 e. The maximum absolute atomic E-state index is 12.8. The molecule has 1 N–H and O–H groups in total. The van der Waals surface area contributed by atoms with Crippen molar-refractivity contribution in [2.45, 2.75) is 43.5 Å². The predicted octanol–water partition coefficient (Wildman–Crippen LogP) is 2.83. The molecule has 1 amide bonds. The van der Waals surface area contributed by atoms with Gasteiger partial charge in [0.1, 0.15) is 0 Å². The molecule has 4 heteroatoms. The first-order chi connectivity index (χ1) is 10.3. The molecule has 0 radical (unpaired) electrons. The summed E-state index contributed by atoms with van der Waals surface area (Å²) in [6.45, 7) is 4.18. The zero-order valence-corrected chi connectivity index (χ0v) is 13.4. The smallest absolute Gasteiger partial charge is 0.224 e. The summed E-state index contributed by atoms with van der Waals surface area (Å²) in [5.74, 6) is 1.37. The fraction of sp³-hybridized carbons (Fsp3) is 0.588. The van der Waals surface area contributed by atoms with Crippen LogP contribution in [0.1, 0.15) is 37.8 Å². The molecular weight excluding hydrogens is 280 g/mol. The molecule has 0 saturated carbocycles. The van der Waals surface area contributed by atoms with Crippen LogP contribution in [-0.2, 0) is 4.79 Å². The number of nitrogens with one attached hydrogen (secondary N) is 1. The number of hydrogen-bond donors (Lipinski definition) is 1. The molecule has 1 aromatic rings. The van der Waals surface area contributed by atoms with Gasteiger partial charge in [0.15, 0.2) is 0 Å². The Morgan fingerprint density at radius 1 is 1.38 bits per heavy atom. The maximum atomic E-state index is 12.8. The molecule has 2 heterocycles. The van der Waals surface area contributed by atoms with Crippen LogP contribution in [0.4, 0.5) is 0 Å². The lowest BCUT2D eigenvalue weighted by atomic mass is 10.0. The molecule has 3 rings (SSSR count). The van der Waals surface area contributed by atoms with Gasteiger partial charge in [-0.3, -0.25) is 4.79 Å². The molecule has 2 saturated heterocycles. The van der Waals surface area contributed by atoms with Crippen molar-refractivity contribution in [3.63, 3.8) is 0 Å². The van der Waals surface area contributed by atoms with Gasteiger partial charge in [0.05, 0.1) is 6.04 Å². The Hall–Kier alpha value is -1.00. The molecule has 0 spiro atoms. The lowest BCUT2D eigenvalue weighted by Crippen LogP contribution is -2.45. The second-order valence-corrected chi connectivity index (χ2v) is 7.50. The summed E-state index contributed by atoms with van der Waals surface area (Å²) in [6, 6.07) is 11.1. The van der Waals surface area contributed by atoms with Crippen LogP contribution >= 0.6 is 11.8 Å². The summed E-state index contributed by atoms with van der Waals surface area (Å²) < 4.78 is 0. The number of rotatable bonds is 3. The molecule has 3 atom stereocenters. The quantitative estimate of drug-likeness (QED) is 0.932. The van der Waals surface area contributed by atoms with Gasteiger partial charge < -0.3 is 10.2 Å². The third kappa shape index (κ3) is 3.43. The van der Waals surface area contributed by atoms with E-state index in [9.17, 15) is 4.79 Å². The number of benzene rings is 1. The lowest BCUT2D eigenvalue weighted by molar-refractivity contribution is -0.134. The largest absolute Gasteiger partial charge is 0.334 e. The Bertz CT molecular complexity index is 473. The highest BCUT2D eigenvalue weighted by molar-refractivity contribution is 8.00. The molecule has 21 heavy (non-hydrogen) atoms. The standard InChI is InChI=1S/C17H24N2OS/c1-13-17(14-6-3-2-4-7-14)19(10-11-21-13)16(20)12-15-8-5-9-18-15/h2-4,6-7,13,15,17-18H,5,8-12H2,1H3. The van der Waals surface area contributed by atoms with E-state index in [0.717, 1.165) is 25.3 Å². The first kappa shape index (κ1) is 14.9. The molecule has 0 aromatic heterocycles. The molecule has 0 aliphatic carbocycles. The summed E-state index contributed by atoms with van der Waals surface area (Å²) in [6.07, 6.45) is 2.99. The van der Waals surface area contributed by atoms with Crippen molar-refractivity contribution in [1.82, 2.24) is 10.2 Å². The van der Waals surface area contributed by atoms with E-state index in [0.29, 0.717) is 23.6 Å². The molecule has 1 aromatic carbocycles. The van der Waals surface area contributed by atoms with Gasteiger partial charge in [0.25, 0.3) is 0 Å². The monoisotopic (exact) mass is 304 g/mol. The average molecular weight is 304 g/mol. The van der Waals surface area contributed by atoms with Crippen LogP contribution in [0, 0.1) is 0 Å². The number of thioether (sulfide) groups is 1. The molecule has 0 bridgehead atoms. The van der Waals surface area contributed by atoms with Crippen molar-refractivity contribution in [2.24, 2.45) is 0 Å². The molecule has 3 nitrogen and oxygen atoms in total. The normalized spacial score (nSPS) is 29.6. The van der Waals surface area contributed by atoms with E-state index < -0.39 is 0 Å². The van der Waals surface area contributed by atoms with Crippen molar-refractivity contribution in [3.8, 4) is 0 Å². The van der Waals surface area contributed by atoms with Crippen LogP contribution in [0.5, 0.6) is 0 Å². The minimum Gasteiger partial charge on any atom is -0.334 e. The molecule has 2 aliphatic rings. The van der Waals surface area contributed by atoms with E-state index in [4.69, 9.17) is 0 Å². The Morgan fingerprint density at radius 3 is 2.90 bits per heavy atom. The summed E-state index contributed by atoms with van der Waals surface area (Å²) in [5, 5.41) is 3.90. The molecule has 114 valence electrons. The highest BCUT2D eigenvalue weighted by Gasteiger charge is 2.34. The fourth-order valence-electron chi connectivity index (χ4n) is 3.46. The number of carbonyl (C=O) groups is 1. The Morgan fingerprint density at radius 2 is 2.19 bits per heavy atom. The number of hydrogen-bond acceptors (Lipinski definition) is 3. The summed E-state index contributed by atoms with van der Waals surface area (Å²) >= 11 is 1.98. The lowest BCUT2D eigenvalue weighted by Gasteiger charge is -2.40. The Kier molecular flexibility index (Phi) is 4.86. The summed E-state index contributed by atoms with van der Waals surface area (Å²) in [4.78, 5) is 14.9. The summed E-state index contributed by atoms with van der Waals surface area (Å²) in [7, 11) is 0. The van der Waals surface area contributed by atoms with Crippen LogP contribution in [0.15, 0.2) is 30.3 Å². The van der Waals surface area contributed by atoms with Gasteiger partial charge in [-0.25, -0.2) is 0 Å². The van der Waals surface area contributed by atoms with E-state index in [1.165, 1.54) is 12.0 Å². The Labute approximate surface area is 131 Å². The first-order valence-electron chi connectivity index (χ1n) is 7.95. The second-order valence-electron chi connectivity index (χ2n) is 6.02. The minimum atomic E-state index is 0.221. The van der Waals surface area contributed by atoms with Crippen molar-refractivity contribution in [2.75, 3.05) is 18.8 Å². The van der Waals surface area contributed by atoms with E-state index >= 15 is 0 Å². The highest BCUT2D eigenvalue weighted by Crippen LogP contribution is 2.36. The van der Waals surface area contributed by atoms with Gasteiger partial charge in [-0.1, -0.05) is 37.3 Å². The van der Waals surface area contributed by atoms with Crippen LogP contribution in [0.2, 0.25) is 0 Å². The zero-order valence-electron chi connectivity index (χ0n) is 12.6.